The van der Waals surface area contributed by atoms with Gasteiger partial charge in [0.15, 0.2) is 0 Å². The van der Waals surface area contributed by atoms with E-state index >= 15 is 0 Å². The fraction of sp³-hybridized carbons (Fsp3) is 0.875. The number of hydrogen-bond donors (Lipinski definition) is 1. The second kappa shape index (κ2) is 6.72. The minimum atomic E-state index is 0.576. The smallest absolute Gasteiger partial charge is 0.0545 e. The van der Waals surface area contributed by atoms with Gasteiger partial charge in [-0.3, -0.25) is 0 Å². The number of ether oxygens (including phenoxy) is 1. The van der Waals surface area contributed by atoms with Gasteiger partial charge in [-0.15, -0.1) is 0 Å². The van der Waals surface area contributed by atoms with Crippen molar-refractivity contribution in [2.75, 3.05) is 26.3 Å². The monoisotopic (exact) mass is 251 g/mol. The Bertz CT molecular complexity index is 275. The molecule has 0 amide bonds. The van der Waals surface area contributed by atoms with Crippen molar-refractivity contribution >= 4 is 0 Å². The van der Waals surface area contributed by atoms with Crippen molar-refractivity contribution < 1.29 is 4.74 Å². The third-order valence-corrected chi connectivity index (χ3v) is 4.61. The molecule has 0 bridgehead atoms. The molecule has 2 heterocycles. The molecule has 2 aliphatic heterocycles. The van der Waals surface area contributed by atoms with Crippen LogP contribution in [-0.4, -0.2) is 26.3 Å². The fourth-order valence-corrected chi connectivity index (χ4v) is 3.36. The lowest BCUT2D eigenvalue weighted by Crippen LogP contribution is -2.42. The summed E-state index contributed by atoms with van der Waals surface area (Å²) < 4.78 is 5.41. The van der Waals surface area contributed by atoms with Gasteiger partial charge in [-0.25, -0.2) is 0 Å². The Balaban J connectivity index is 0.000000574. The van der Waals surface area contributed by atoms with E-state index in [4.69, 9.17) is 4.74 Å². The van der Waals surface area contributed by atoms with E-state index in [1.165, 1.54) is 51.6 Å². The number of rotatable bonds is 2. The van der Waals surface area contributed by atoms with E-state index in [0.29, 0.717) is 5.41 Å². The normalized spacial score (nSPS) is 29.9. The van der Waals surface area contributed by atoms with Crippen LogP contribution in [0.15, 0.2) is 11.6 Å². The molecule has 0 aromatic rings. The Kier molecular flexibility index (Phi) is 5.25. The summed E-state index contributed by atoms with van der Waals surface area (Å²) in [6.45, 7) is 8.53. The van der Waals surface area contributed by atoms with Crippen molar-refractivity contribution in [1.29, 1.82) is 0 Å². The molecule has 1 unspecified atom stereocenters. The molecule has 18 heavy (non-hydrogen) atoms. The minimum Gasteiger partial charge on any atom is -0.380 e. The van der Waals surface area contributed by atoms with Gasteiger partial charge in [0, 0.05) is 5.41 Å². The van der Waals surface area contributed by atoms with Gasteiger partial charge in [0.25, 0.3) is 0 Å². The lowest BCUT2D eigenvalue weighted by atomic mass is 9.78. The minimum absolute atomic E-state index is 0.576. The summed E-state index contributed by atoms with van der Waals surface area (Å²) in [7, 11) is 0. The van der Waals surface area contributed by atoms with Crippen molar-refractivity contribution in [2.45, 2.75) is 52.4 Å². The molecule has 1 spiro atoms. The summed E-state index contributed by atoms with van der Waals surface area (Å²) in [5.74, 6) is 0.915. The average molecular weight is 251 g/mol. The SMILES string of the molecule is C1=C(CC2CCNC2)CCC2(CC1)COC2.CC. The molecule has 0 saturated carbocycles. The maximum absolute atomic E-state index is 5.41. The molecule has 0 aromatic heterocycles. The van der Waals surface area contributed by atoms with Crippen LogP contribution in [0.4, 0.5) is 0 Å². The van der Waals surface area contributed by atoms with E-state index in [0.717, 1.165) is 19.1 Å². The zero-order chi connectivity index (χ0) is 12.8. The molecule has 1 aliphatic carbocycles. The van der Waals surface area contributed by atoms with Crippen LogP contribution in [-0.2, 0) is 4.74 Å². The number of hydrogen-bond acceptors (Lipinski definition) is 2. The van der Waals surface area contributed by atoms with Crippen LogP contribution in [0, 0.1) is 11.3 Å². The van der Waals surface area contributed by atoms with Crippen molar-refractivity contribution in [1.82, 2.24) is 5.32 Å². The third-order valence-electron chi connectivity index (χ3n) is 4.61. The van der Waals surface area contributed by atoms with Crippen molar-refractivity contribution in [2.24, 2.45) is 11.3 Å². The lowest BCUT2D eigenvalue weighted by molar-refractivity contribution is -0.120. The van der Waals surface area contributed by atoms with Crippen LogP contribution in [0.1, 0.15) is 52.4 Å². The van der Waals surface area contributed by atoms with Gasteiger partial charge >= 0.3 is 0 Å². The highest BCUT2D eigenvalue weighted by Crippen LogP contribution is 2.41. The zero-order valence-electron chi connectivity index (χ0n) is 12.1. The fourth-order valence-electron chi connectivity index (χ4n) is 3.36. The van der Waals surface area contributed by atoms with Gasteiger partial charge in [-0.2, -0.15) is 0 Å². The Morgan fingerprint density at radius 1 is 1.33 bits per heavy atom. The topological polar surface area (TPSA) is 21.3 Å². The molecule has 3 rings (SSSR count). The average Bonchev–Trinajstić information content (AvgIpc) is 2.76. The Labute approximate surface area is 112 Å². The van der Waals surface area contributed by atoms with Gasteiger partial charge in [0.05, 0.1) is 13.2 Å². The summed E-state index contributed by atoms with van der Waals surface area (Å²) in [5, 5.41) is 3.47. The van der Waals surface area contributed by atoms with Crippen LogP contribution in [0.3, 0.4) is 0 Å². The van der Waals surface area contributed by atoms with Crippen molar-refractivity contribution in [3.63, 3.8) is 0 Å². The first kappa shape index (κ1) is 14.1. The Morgan fingerprint density at radius 2 is 2.17 bits per heavy atom. The van der Waals surface area contributed by atoms with Gasteiger partial charge in [-0.1, -0.05) is 25.5 Å². The second-order valence-corrected chi connectivity index (χ2v) is 5.96. The van der Waals surface area contributed by atoms with E-state index < -0.39 is 0 Å². The maximum atomic E-state index is 5.41. The molecule has 0 radical (unpaired) electrons. The molecular weight excluding hydrogens is 222 g/mol. The summed E-state index contributed by atoms with van der Waals surface area (Å²) in [5.41, 5.74) is 2.31. The van der Waals surface area contributed by atoms with E-state index in [2.05, 4.69) is 11.4 Å². The summed E-state index contributed by atoms with van der Waals surface area (Å²) in [6, 6.07) is 0. The highest BCUT2D eigenvalue weighted by atomic mass is 16.5. The standard InChI is InChI=1S/C14H23NO.C2H6/c1-2-12(8-13-4-7-15-9-13)3-6-14(5-1)10-16-11-14;1-2/h2,13,15H,1,3-11H2;1-2H3. The van der Waals surface area contributed by atoms with Crippen LogP contribution in [0.2, 0.25) is 0 Å². The van der Waals surface area contributed by atoms with Gasteiger partial charge in [0.2, 0.25) is 0 Å². The largest absolute Gasteiger partial charge is 0.380 e. The lowest BCUT2D eigenvalue weighted by Gasteiger charge is -2.41. The van der Waals surface area contributed by atoms with E-state index in [9.17, 15) is 0 Å². The van der Waals surface area contributed by atoms with Gasteiger partial charge in [-0.05, 0) is 57.5 Å². The van der Waals surface area contributed by atoms with Crippen LogP contribution >= 0.6 is 0 Å². The van der Waals surface area contributed by atoms with Gasteiger partial charge in [0.1, 0.15) is 0 Å². The van der Waals surface area contributed by atoms with Gasteiger partial charge < -0.3 is 10.1 Å². The van der Waals surface area contributed by atoms with Crippen LogP contribution in [0.5, 0.6) is 0 Å². The second-order valence-electron chi connectivity index (χ2n) is 5.96. The zero-order valence-corrected chi connectivity index (χ0v) is 12.1. The predicted octanol–water partition coefficient (Wildman–Crippen LogP) is 3.53. The van der Waals surface area contributed by atoms with E-state index in [1.807, 2.05) is 13.8 Å². The quantitative estimate of drug-likeness (QED) is 0.758. The summed E-state index contributed by atoms with van der Waals surface area (Å²) in [4.78, 5) is 0. The molecule has 1 atom stereocenters. The van der Waals surface area contributed by atoms with E-state index in [1.54, 1.807) is 5.57 Å². The van der Waals surface area contributed by atoms with E-state index in [-0.39, 0.29) is 0 Å². The molecule has 3 aliphatic rings. The molecule has 104 valence electrons. The molecule has 1 N–H and O–H groups in total. The van der Waals surface area contributed by atoms with Crippen LogP contribution in [0.25, 0.3) is 0 Å². The summed E-state index contributed by atoms with van der Waals surface area (Å²) >= 11 is 0. The first-order valence-corrected chi connectivity index (χ1v) is 7.83. The number of allylic oxidation sites excluding steroid dienone is 2. The predicted molar refractivity (Wildman–Crippen MR) is 76.7 cm³/mol. The van der Waals surface area contributed by atoms with Crippen molar-refractivity contribution in [3.8, 4) is 0 Å². The first-order chi connectivity index (χ1) is 8.86. The highest BCUT2D eigenvalue weighted by molar-refractivity contribution is 5.09. The Morgan fingerprint density at radius 3 is 2.78 bits per heavy atom. The molecular formula is C16H29NO. The first-order valence-electron chi connectivity index (χ1n) is 7.83. The van der Waals surface area contributed by atoms with Crippen molar-refractivity contribution in [3.05, 3.63) is 11.6 Å². The molecule has 2 nitrogen and oxygen atoms in total. The number of nitrogens with one attached hydrogen (secondary N) is 1. The Hall–Kier alpha value is -0.340. The third kappa shape index (κ3) is 3.36. The molecule has 2 fully saturated rings. The summed E-state index contributed by atoms with van der Waals surface area (Å²) in [6.07, 6.45) is 10.6. The molecule has 2 heteroatoms. The molecule has 0 aromatic carbocycles. The maximum Gasteiger partial charge on any atom is 0.0545 e. The highest BCUT2D eigenvalue weighted by Gasteiger charge is 2.38. The van der Waals surface area contributed by atoms with Crippen LogP contribution < -0.4 is 5.32 Å². The molecule has 2 saturated heterocycles.